The van der Waals surface area contributed by atoms with E-state index in [1.807, 2.05) is 13.1 Å². The van der Waals surface area contributed by atoms with E-state index in [2.05, 4.69) is 62.5 Å². The van der Waals surface area contributed by atoms with Crippen LogP contribution in [-0.4, -0.2) is 14.2 Å². The molecule has 2 aromatic rings. The predicted octanol–water partition coefficient (Wildman–Crippen LogP) is 4.44. The van der Waals surface area contributed by atoms with Crippen molar-refractivity contribution in [3.8, 4) is 5.75 Å². The lowest BCUT2D eigenvalue weighted by Crippen LogP contribution is -2.18. The van der Waals surface area contributed by atoms with Gasteiger partial charge in [-0.3, -0.25) is 0 Å². The normalized spacial score (nSPS) is 12.5. The number of benzene rings is 2. The van der Waals surface area contributed by atoms with Crippen LogP contribution in [0.15, 0.2) is 42.5 Å². The van der Waals surface area contributed by atoms with E-state index in [4.69, 9.17) is 4.74 Å². The summed E-state index contributed by atoms with van der Waals surface area (Å²) in [4.78, 5) is 0. The molecule has 2 aromatic carbocycles. The number of ether oxygens (including phenoxy) is 1. The van der Waals surface area contributed by atoms with Gasteiger partial charge in [0, 0.05) is 0 Å². The summed E-state index contributed by atoms with van der Waals surface area (Å²) >= 11 is 0. The first kappa shape index (κ1) is 15.6. The Bertz CT molecular complexity index is 587. The van der Waals surface area contributed by atoms with Crippen molar-refractivity contribution in [2.24, 2.45) is 0 Å². The third-order valence-electron chi connectivity index (χ3n) is 4.01. The van der Waals surface area contributed by atoms with Crippen LogP contribution in [0, 0.1) is 6.92 Å². The first-order valence-electron chi connectivity index (χ1n) is 7.48. The number of nitrogens with one attached hydrogen (secondary N) is 1. The van der Waals surface area contributed by atoms with Crippen molar-refractivity contribution in [2.45, 2.75) is 32.7 Å². The van der Waals surface area contributed by atoms with Crippen LogP contribution < -0.4 is 10.1 Å². The predicted molar refractivity (Wildman–Crippen MR) is 89.2 cm³/mol. The lowest BCUT2D eigenvalue weighted by Gasteiger charge is -2.20. The van der Waals surface area contributed by atoms with Crippen LogP contribution >= 0.6 is 0 Å². The number of hydrogen-bond donors (Lipinski definition) is 1. The van der Waals surface area contributed by atoms with Gasteiger partial charge in [-0.05, 0) is 54.3 Å². The van der Waals surface area contributed by atoms with Crippen molar-refractivity contribution in [1.82, 2.24) is 5.32 Å². The molecule has 0 radical (unpaired) electrons. The van der Waals surface area contributed by atoms with Gasteiger partial charge in [-0.15, -0.1) is 0 Å². The van der Waals surface area contributed by atoms with E-state index >= 15 is 0 Å². The standard InChI is InChI=1S/C19H25NO/c1-13(2)15-6-8-16(9-7-15)19(20-4)18-11-10-17(21-5)12-14(18)3/h6-13,19-20H,1-5H3. The molecule has 2 heteroatoms. The zero-order valence-corrected chi connectivity index (χ0v) is 13.6. The Morgan fingerprint density at radius 3 is 2.05 bits per heavy atom. The van der Waals surface area contributed by atoms with Crippen LogP contribution in [0.1, 0.15) is 48.1 Å². The van der Waals surface area contributed by atoms with Crippen LogP contribution in [0.3, 0.4) is 0 Å². The van der Waals surface area contributed by atoms with Gasteiger partial charge in [0.1, 0.15) is 5.75 Å². The van der Waals surface area contributed by atoms with E-state index in [0.717, 1.165) is 5.75 Å². The molecule has 2 nitrogen and oxygen atoms in total. The summed E-state index contributed by atoms with van der Waals surface area (Å²) in [5.41, 5.74) is 5.19. The maximum Gasteiger partial charge on any atom is 0.119 e. The first-order chi connectivity index (χ1) is 10.1. The number of aryl methyl sites for hydroxylation is 1. The molecule has 0 saturated heterocycles. The summed E-state index contributed by atoms with van der Waals surface area (Å²) < 4.78 is 5.29. The average Bonchev–Trinajstić information content (AvgIpc) is 2.50. The molecule has 0 fully saturated rings. The summed E-state index contributed by atoms with van der Waals surface area (Å²) in [6, 6.07) is 15.4. The zero-order chi connectivity index (χ0) is 15.4. The molecular weight excluding hydrogens is 258 g/mol. The molecule has 0 aliphatic heterocycles. The fraction of sp³-hybridized carbons (Fsp3) is 0.368. The third-order valence-corrected chi connectivity index (χ3v) is 4.01. The van der Waals surface area contributed by atoms with Crippen molar-refractivity contribution in [1.29, 1.82) is 0 Å². The van der Waals surface area contributed by atoms with Gasteiger partial charge in [0.15, 0.2) is 0 Å². The van der Waals surface area contributed by atoms with Gasteiger partial charge in [0.2, 0.25) is 0 Å². The highest BCUT2D eigenvalue weighted by Gasteiger charge is 2.15. The molecule has 0 saturated carbocycles. The summed E-state index contributed by atoms with van der Waals surface area (Å²) in [5.74, 6) is 1.47. The van der Waals surface area contributed by atoms with Crippen LogP contribution in [0.2, 0.25) is 0 Å². The Hall–Kier alpha value is -1.80. The Kier molecular flexibility index (Phi) is 5.03. The van der Waals surface area contributed by atoms with Crippen LogP contribution in [0.5, 0.6) is 5.75 Å². The van der Waals surface area contributed by atoms with Crippen molar-refractivity contribution < 1.29 is 4.74 Å². The lowest BCUT2D eigenvalue weighted by molar-refractivity contribution is 0.414. The lowest BCUT2D eigenvalue weighted by atomic mass is 9.93. The van der Waals surface area contributed by atoms with Crippen LogP contribution in [0.25, 0.3) is 0 Å². The Morgan fingerprint density at radius 2 is 1.57 bits per heavy atom. The molecule has 1 N–H and O–H groups in total. The summed E-state index contributed by atoms with van der Waals surface area (Å²) in [6.45, 7) is 6.57. The second-order valence-corrected chi connectivity index (χ2v) is 5.77. The zero-order valence-electron chi connectivity index (χ0n) is 13.6. The molecule has 2 rings (SSSR count). The van der Waals surface area contributed by atoms with Gasteiger partial charge >= 0.3 is 0 Å². The second-order valence-electron chi connectivity index (χ2n) is 5.77. The minimum Gasteiger partial charge on any atom is -0.497 e. The van der Waals surface area contributed by atoms with E-state index in [9.17, 15) is 0 Å². The van der Waals surface area contributed by atoms with Gasteiger partial charge in [-0.25, -0.2) is 0 Å². The first-order valence-corrected chi connectivity index (χ1v) is 7.48. The van der Waals surface area contributed by atoms with Gasteiger partial charge in [0.05, 0.1) is 13.2 Å². The average molecular weight is 283 g/mol. The van der Waals surface area contributed by atoms with Gasteiger partial charge in [-0.1, -0.05) is 44.2 Å². The Balaban J connectivity index is 2.35. The van der Waals surface area contributed by atoms with Crippen molar-refractivity contribution in [3.63, 3.8) is 0 Å². The Morgan fingerprint density at radius 1 is 0.952 bits per heavy atom. The molecule has 0 aliphatic rings. The summed E-state index contributed by atoms with van der Waals surface area (Å²) in [7, 11) is 3.71. The highest BCUT2D eigenvalue weighted by atomic mass is 16.5. The van der Waals surface area contributed by atoms with Crippen LogP contribution in [-0.2, 0) is 0 Å². The van der Waals surface area contributed by atoms with Crippen molar-refractivity contribution >= 4 is 0 Å². The number of rotatable bonds is 5. The maximum atomic E-state index is 5.29. The van der Waals surface area contributed by atoms with E-state index in [-0.39, 0.29) is 6.04 Å². The van der Waals surface area contributed by atoms with Crippen molar-refractivity contribution in [2.75, 3.05) is 14.2 Å². The SMILES string of the molecule is CNC(c1ccc(C(C)C)cc1)c1ccc(OC)cc1C. The number of methoxy groups -OCH3 is 1. The minimum absolute atomic E-state index is 0.206. The van der Waals surface area contributed by atoms with E-state index in [0.29, 0.717) is 5.92 Å². The molecule has 0 spiro atoms. The van der Waals surface area contributed by atoms with E-state index < -0.39 is 0 Å². The largest absolute Gasteiger partial charge is 0.497 e. The third kappa shape index (κ3) is 3.45. The van der Waals surface area contributed by atoms with Crippen LogP contribution in [0.4, 0.5) is 0 Å². The van der Waals surface area contributed by atoms with Gasteiger partial charge in [-0.2, -0.15) is 0 Å². The van der Waals surface area contributed by atoms with E-state index in [1.165, 1.54) is 22.3 Å². The molecule has 112 valence electrons. The molecule has 1 unspecified atom stereocenters. The molecule has 0 heterocycles. The molecule has 1 atom stereocenters. The Labute approximate surface area is 128 Å². The minimum atomic E-state index is 0.206. The molecule has 0 aromatic heterocycles. The highest BCUT2D eigenvalue weighted by molar-refractivity contribution is 5.41. The fourth-order valence-electron chi connectivity index (χ4n) is 2.67. The molecular formula is C19H25NO. The van der Waals surface area contributed by atoms with Gasteiger partial charge in [0.25, 0.3) is 0 Å². The number of hydrogen-bond acceptors (Lipinski definition) is 2. The van der Waals surface area contributed by atoms with E-state index in [1.54, 1.807) is 7.11 Å². The molecule has 0 aliphatic carbocycles. The smallest absolute Gasteiger partial charge is 0.119 e. The second kappa shape index (κ2) is 6.77. The quantitative estimate of drug-likeness (QED) is 0.876. The summed E-state index contributed by atoms with van der Waals surface area (Å²) in [6.07, 6.45) is 0. The molecule has 0 amide bonds. The summed E-state index contributed by atoms with van der Waals surface area (Å²) in [5, 5.41) is 3.42. The highest BCUT2D eigenvalue weighted by Crippen LogP contribution is 2.28. The monoisotopic (exact) mass is 283 g/mol. The molecule has 0 bridgehead atoms. The van der Waals surface area contributed by atoms with Gasteiger partial charge < -0.3 is 10.1 Å². The fourth-order valence-corrected chi connectivity index (χ4v) is 2.67. The maximum absolute atomic E-state index is 5.29. The topological polar surface area (TPSA) is 21.3 Å². The van der Waals surface area contributed by atoms with Crippen molar-refractivity contribution in [3.05, 3.63) is 64.7 Å². The molecule has 21 heavy (non-hydrogen) atoms.